The van der Waals surface area contributed by atoms with Crippen LogP contribution in [0.25, 0.3) is 22.0 Å². The van der Waals surface area contributed by atoms with E-state index in [4.69, 9.17) is 9.47 Å². The number of benzene rings is 3. The molecule has 6 rings (SSSR count). The van der Waals surface area contributed by atoms with Crippen molar-refractivity contribution in [3.8, 4) is 22.6 Å². The summed E-state index contributed by atoms with van der Waals surface area (Å²) < 4.78 is 29.4. The van der Waals surface area contributed by atoms with Gasteiger partial charge in [-0.3, -0.25) is 14.3 Å². The zero-order valence-corrected chi connectivity index (χ0v) is 24.7. The van der Waals surface area contributed by atoms with Crippen molar-refractivity contribution in [1.29, 1.82) is 0 Å². The van der Waals surface area contributed by atoms with E-state index in [0.29, 0.717) is 0 Å². The summed E-state index contributed by atoms with van der Waals surface area (Å²) in [5.74, 6) is -2.16. The number of hydrogen-bond donors (Lipinski definition) is 2. The van der Waals surface area contributed by atoms with Gasteiger partial charge in [-0.25, -0.2) is 4.39 Å². The number of carbonyl (C=O) groups is 2. The third-order valence-electron chi connectivity index (χ3n) is 7.80. The van der Waals surface area contributed by atoms with Gasteiger partial charge in [0.25, 0.3) is 5.91 Å². The van der Waals surface area contributed by atoms with Gasteiger partial charge in [-0.2, -0.15) is 5.10 Å². The number of carbonyl (C=O) groups excluding carboxylic acids is 2. The molecule has 10 heteroatoms. The number of nitrogens with one attached hydrogen (secondary N) is 1. The first-order chi connectivity index (χ1) is 21.2. The highest BCUT2D eigenvalue weighted by atomic mass is 19.1. The van der Waals surface area contributed by atoms with E-state index in [1.807, 2.05) is 23.7 Å². The van der Waals surface area contributed by atoms with Crippen LogP contribution in [-0.2, 0) is 11.3 Å². The quantitative estimate of drug-likeness (QED) is 0.174. The average molecular weight is 597 g/mol. The second-order valence-electron chi connectivity index (χ2n) is 11.2. The molecule has 2 unspecified atom stereocenters. The molecule has 0 aliphatic carbocycles. The first kappa shape index (κ1) is 29.1. The Morgan fingerprint density at radius 3 is 2.43 bits per heavy atom. The lowest BCUT2D eigenvalue weighted by molar-refractivity contribution is -0.118. The Hall–Kier alpha value is -4.96. The molecule has 9 nitrogen and oxygen atoms in total. The lowest BCUT2D eigenvalue weighted by atomic mass is 9.99. The molecule has 44 heavy (non-hydrogen) atoms. The summed E-state index contributed by atoms with van der Waals surface area (Å²) in [4.78, 5) is 26.4. The van der Waals surface area contributed by atoms with Gasteiger partial charge in [-0.05, 0) is 67.8 Å². The predicted octanol–water partition coefficient (Wildman–Crippen LogP) is 5.41. The maximum atomic E-state index is 14.8. The Balaban J connectivity index is 1.22. The van der Waals surface area contributed by atoms with Crippen LogP contribution in [0.15, 0.2) is 79.1 Å². The molecule has 3 heterocycles. The number of halogens is 1. The van der Waals surface area contributed by atoms with Gasteiger partial charge in [0.05, 0.1) is 17.3 Å². The smallest absolute Gasteiger partial charge is 0.292 e. The first-order valence-corrected chi connectivity index (χ1v) is 14.5. The Morgan fingerprint density at radius 2 is 1.70 bits per heavy atom. The van der Waals surface area contributed by atoms with Crippen molar-refractivity contribution in [3.63, 3.8) is 0 Å². The Bertz CT molecular complexity index is 1830. The van der Waals surface area contributed by atoms with Gasteiger partial charge in [0.15, 0.2) is 17.3 Å². The van der Waals surface area contributed by atoms with Crippen LogP contribution in [0.5, 0.6) is 11.5 Å². The molecular weight excluding hydrogens is 563 g/mol. The molecule has 226 valence electrons. The number of hydrogen-bond acceptors (Lipinski definition) is 6. The number of ketones is 1. The van der Waals surface area contributed by atoms with Crippen molar-refractivity contribution < 1.29 is 28.6 Å². The second-order valence-corrected chi connectivity index (χ2v) is 11.2. The van der Waals surface area contributed by atoms with E-state index in [2.05, 4.69) is 30.3 Å². The van der Waals surface area contributed by atoms with Crippen LogP contribution in [0, 0.1) is 12.7 Å². The molecule has 2 N–H and O–H groups in total. The van der Waals surface area contributed by atoms with Gasteiger partial charge in [0.2, 0.25) is 5.78 Å². The van der Waals surface area contributed by atoms with Crippen LogP contribution >= 0.6 is 0 Å². The normalized spacial score (nSPS) is 14.0. The van der Waals surface area contributed by atoms with E-state index in [1.165, 1.54) is 6.07 Å². The maximum absolute atomic E-state index is 14.8. The Morgan fingerprint density at radius 1 is 1.00 bits per heavy atom. The maximum Gasteiger partial charge on any atom is 0.292 e. The second kappa shape index (κ2) is 12.0. The van der Waals surface area contributed by atoms with Crippen molar-refractivity contribution in [2.24, 2.45) is 0 Å². The molecule has 0 fully saturated rings. The van der Waals surface area contributed by atoms with Crippen molar-refractivity contribution in [2.75, 3.05) is 13.2 Å². The zero-order chi connectivity index (χ0) is 31.0. The number of amides is 1. The van der Waals surface area contributed by atoms with Crippen LogP contribution in [0.1, 0.15) is 47.6 Å². The molecule has 0 spiro atoms. The summed E-state index contributed by atoms with van der Waals surface area (Å²) in [6.07, 6.45) is 2.19. The number of nitrogens with zero attached hydrogens (tertiary/aromatic N) is 3. The van der Waals surface area contributed by atoms with E-state index in [-0.39, 0.29) is 48.4 Å². The molecule has 1 amide bonds. The molecule has 1 aliphatic heterocycles. The molecule has 5 aromatic rings. The number of fused-ring (bicyclic) bond motifs is 2. The summed E-state index contributed by atoms with van der Waals surface area (Å²) in [5, 5.41) is 19.7. The minimum Gasteiger partial charge on any atom is -0.486 e. The van der Waals surface area contributed by atoms with Crippen molar-refractivity contribution in [3.05, 3.63) is 102 Å². The number of aryl methyl sites for hydroxylation is 1. The Kier molecular flexibility index (Phi) is 7.92. The number of rotatable bonds is 9. The topological polar surface area (TPSA) is 108 Å². The molecular formula is C34H33FN4O5. The standard InChI is InChI=1S/C34H33FN4O5/c1-20(2)39-29-17-24(10-11-26(29)21(3)37-39)22-6-8-23(9-7-22)32(41)34(42)36-28(19-38-12-4-5-13-38)31(40)25-16-27(35)33-30(18-25)43-14-15-44-33/h4-13,16-18,20,28,31,40H,14-15,19H2,1-3H3,(H,36,42). The molecule has 1 aliphatic rings. The minimum atomic E-state index is -1.35. The summed E-state index contributed by atoms with van der Waals surface area (Å²) in [6.45, 7) is 6.76. The number of aliphatic hydroxyl groups excluding tert-OH is 1. The predicted molar refractivity (Wildman–Crippen MR) is 163 cm³/mol. The Labute approximate surface area is 253 Å². The van der Waals surface area contributed by atoms with E-state index < -0.39 is 29.7 Å². The highest BCUT2D eigenvalue weighted by Crippen LogP contribution is 2.36. The van der Waals surface area contributed by atoms with Gasteiger partial charge in [0, 0.05) is 35.9 Å². The first-order valence-electron chi connectivity index (χ1n) is 14.5. The van der Waals surface area contributed by atoms with E-state index in [9.17, 15) is 19.1 Å². The highest BCUT2D eigenvalue weighted by Gasteiger charge is 2.29. The van der Waals surface area contributed by atoms with Crippen molar-refractivity contribution >= 4 is 22.6 Å². The molecule has 2 aromatic heterocycles. The average Bonchev–Trinajstić information content (AvgIpc) is 3.67. The van der Waals surface area contributed by atoms with E-state index in [0.717, 1.165) is 33.8 Å². The molecule has 2 atom stereocenters. The monoisotopic (exact) mass is 596 g/mol. The number of ether oxygens (including phenoxy) is 2. The molecule has 3 aromatic carbocycles. The zero-order valence-electron chi connectivity index (χ0n) is 24.7. The van der Waals surface area contributed by atoms with Gasteiger partial charge in [-0.15, -0.1) is 0 Å². The van der Waals surface area contributed by atoms with Gasteiger partial charge >= 0.3 is 0 Å². The molecule has 0 bridgehead atoms. The van der Waals surface area contributed by atoms with Crippen LogP contribution in [0.4, 0.5) is 4.39 Å². The largest absolute Gasteiger partial charge is 0.486 e. The SMILES string of the molecule is Cc1nn(C(C)C)c2cc(-c3ccc(C(=O)C(=O)NC(Cn4cccc4)C(O)c4cc(F)c5c(c4)OCCO5)cc3)ccc12. The van der Waals surface area contributed by atoms with Crippen molar-refractivity contribution in [2.45, 2.75) is 45.5 Å². The minimum absolute atomic E-state index is 0.0163. The van der Waals surface area contributed by atoms with Crippen LogP contribution in [-0.4, -0.2) is 50.4 Å². The van der Waals surface area contributed by atoms with Gasteiger partial charge < -0.3 is 24.5 Å². The van der Waals surface area contributed by atoms with Gasteiger partial charge in [-0.1, -0.05) is 36.4 Å². The third-order valence-corrected chi connectivity index (χ3v) is 7.80. The summed E-state index contributed by atoms with van der Waals surface area (Å²) in [6, 6.07) is 18.5. The number of aromatic nitrogens is 3. The molecule has 0 radical (unpaired) electrons. The fraction of sp³-hybridized carbons (Fsp3) is 0.265. The third kappa shape index (κ3) is 5.68. The number of Topliss-reactive ketones (excluding diaryl/α,β-unsaturated/α-hetero) is 1. The fourth-order valence-corrected chi connectivity index (χ4v) is 5.53. The van der Waals surface area contributed by atoms with Crippen LogP contribution in [0.3, 0.4) is 0 Å². The lowest BCUT2D eigenvalue weighted by Gasteiger charge is -2.26. The highest BCUT2D eigenvalue weighted by molar-refractivity contribution is 6.42. The summed E-state index contributed by atoms with van der Waals surface area (Å²) >= 11 is 0. The van der Waals surface area contributed by atoms with E-state index >= 15 is 0 Å². The fourth-order valence-electron chi connectivity index (χ4n) is 5.53. The summed E-state index contributed by atoms with van der Waals surface area (Å²) in [7, 11) is 0. The van der Waals surface area contributed by atoms with Gasteiger partial charge in [0.1, 0.15) is 19.3 Å². The number of aliphatic hydroxyl groups is 1. The molecule has 0 saturated carbocycles. The van der Waals surface area contributed by atoms with Crippen LogP contribution < -0.4 is 14.8 Å². The lowest BCUT2D eigenvalue weighted by Crippen LogP contribution is -2.45. The van der Waals surface area contributed by atoms with E-state index in [1.54, 1.807) is 53.4 Å². The van der Waals surface area contributed by atoms with Crippen LogP contribution in [0.2, 0.25) is 0 Å². The summed E-state index contributed by atoms with van der Waals surface area (Å²) in [5.41, 5.74) is 4.23. The molecule has 0 saturated heterocycles. The van der Waals surface area contributed by atoms with Crippen molar-refractivity contribution in [1.82, 2.24) is 19.7 Å².